The van der Waals surface area contributed by atoms with Crippen LogP contribution in [-0.4, -0.2) is 33.9 Å². The van der Waals surface area contributed by atoms with Gasteiger partial charge in [-0.3, -0.25) is 4.68 Å². The van der Waals surface area contributed by atoms with Crippen LogP contribution in [0.3, 0.4) is 0 Å². The van der Waals surface area contributed by atoms with E-state index in [1.807, 2.05) is 18.4 Å². The van der Waals surface area contributed by atoms with Crippen LogP contribution in [0.1, 0.15) is 10.5 Å². The largest absolute Gasteiger partial charge is 0.476 e. The molecule has 1 aliphatic heterocycles. The Kier molecular flexibility index (Phi) is 3.06. The molecular weight excluding hydrogens is 280 g/mol. The van der Waals surface area contributed by atoms with Crippen molar-refractivity contribution in [3.8, 4) is 22.8 Å². The lowest BCUT2D eigenvalue weighted by Gasteiger charge is -2.10. The van der Waals surface area contributed by atoms with Crippen LogP contribution in [-0.2, 0) is 7.05 Å². The summed E-state index contributed by atoms with van der Waals surface area (Å²) in [6, 6.07) is 5.27. The quantitative estimate of drug-likeness (QED) is 0.875. The zero-order valence-electron chi connectivity index (χ0n) is 10.9. The van der Waals surface area contributed by atoms with Crippen molar-refractivity contribution >= 4 is 17.7 Å². The molecule has 0 amide bonds. The fourth-order valence-corrected chi connectivity index (χ4v) is 2.91. The van der Waals surface area contributed by atoms with Gasteiger partial charge in [0.1, 0.15) is 0 Å². The molecule has 0 spiro atoms. The Balaban J connectivity index is 2.17. The maximum atomic E-state index is 11.0. The lowest BCUT2D eigenvalue weighted by atomic mass is 10.1. The molecule has 0 unspecified atom stereocenters. The topological polar surface area (TPSA) is 73.6 Å². The summed E-state index contributed by atoms with van der Waals surface area (Å²) < 4.78 is 12.4. The number of ether oxygens (including phenoxy) is 2. The number of nitrogens with zero attached hydrogens (tertiary/aromatic N) is 2. The summed E-state index contributed by atoms with van der Waals surface area (Å²) in [5.41, 5.74) is 1.63. The molecule has 20 heavy (non-hydrogen) atoms. The maximum absolute atomic E-state index is 11.0. The van der Waals surface area contributed by atoms with E-state index in [-0.39, 0.29) is 12.5 Å². The summed E-state index contributed by atoms with van der Waals surface area (Å²) in [7, 11) is 1.72. The van der Waals surface area contributed by atoms with Crippen LogP contribution < -0.4 is 9.47 Å². The predicted molar refractivity (Wildman–Crippen MR) is 73.5 cm³/mol. The standard InChI is InChI=1S/C13H12N2O4S/c1-15-9(5-8(14-15)13(16)17)7-3-4-10-11(12(7)20-2)19-6-18-10/h3-5H,6H2,1-2H3,(H,16,17). The Morgan fingerprint density at radius 3 is 2.90 bits per heavy atom. The van der Waals surface area contributed by atoms with Crippen molar-refractivity contribution in [2.75, 3.05) is 13.0 Å². The summed E-state index contributed by atoms with van der Waals surface area (Å²) in [6.45, 7) is 0.206. The number of aromatic carboxylic acids is 1. The molecule has 2 heterocycles. The highest BCUT2D eigenvalue weighted by Gasteiger charge is 2.23. The highest BCUT2D eigenvalue weighted by atomic mass is 32.2. The minimum atomic E-state index is -1.04. The molecule has 1 N–H and O–H groups in total. The first-order chi connectivity index (χ1) is 9.61. The second-order valence-corrected chi connectivity index (χ2v) is 5.04. The van der Waals surface area contributed by atoms with Crippen molar-refractivity contribution in [2.24, 2.45) is 7.05 Å². The third-order valence-corrected chi connectivity index (χ3v) is 3.89. The van der Waals surface area contributed by atoms with E-state index >= 15 is 0 Å². The molecule has 0 saturated heterocycles. The molecule has 0 fully saturated rings. The van der Waals surface area contributed by atoms with Gasteiger partial charge in [0.25, 0.3) is 0 Å². The molecule has 3 rings (SSSR count). The number of carbonyl (C=O) groups is 1. The second-order valence-electron chi connectivity index (χ2n) is 4.22. The fraction of sp³-hybridized carbons (Fsp3) is 0.231. The summed E-state index contributed by atoms with van der Waals surface area (Å²) in [5.74, 6) is 0.366. The van der Waals surface area contributed by atoms with Gasteiger partial charge in [0.05, 0.1) is 10.6 Å². The Labute approximate surface area is 119 Å². The van der Waals surface area contributed by atoms with Crippen LogP contribution in [0.25, 0.3) is 11.3 Å². The normalized spacial score (nSPS) is 12.7. The molecule has 1 aromatic carbocycles. The van der Waals surface area contributed by atoms with Gasteiger partial charge < -0.3 is 14.6 Å². The van der Waals surface area contributed by atoms with Gasteiger partial charge in [-0.2, -0.15) is 5.10 Å². The molecule has 7 heteroatoms. The highest BCUT2D eigenvalue weighted by Crippen LogP contribution is 2.45. The summed E-state index contributed by atoms with van der Waals surface area (Å²) in [5, 5.41) is 13.0. The number of fused-ring (bicyclic) bond motifs is 1. The SMILES string of the molecule is CSc1c(-c2cc(C(=O)O)nn2C)ccc2c1OCO2. The van der Waals surface area contributed by atoms with Crippen LogP contribution in [0, 0.1) is 0 Å². The molecule has 0 atom stereocenters. The Hall–Kier alpha value is -2.15. The van der Waals surface area contributed by atoms with Gasteiger partial charge in [-0.15, -0.1) is 11.8 Å². The van der Waals surface area contributed by atoms with Gasteiger partial charge in [0, 0.05) is 12.6 Å². The lowest BCUT2D eigenvalue weighted by molar-refractivity contribution is 0.0689. The van der Waals surface area contributed by atoms with Crippen LogP contribution in [0.15, 0.2) is 23.1 Å². The summed E-state index contributed by atoms with van der Waals surface area (Å²) in [4.78, 5) is 11.9. The first-order valence-corrected chi connectivity index (χ1v) is 7.08. The Morgan fingerprint density at radius 2 is 2.25 bits per heavy atom. The van der Waals surface area contributed by atoms with Crippen molar-refractivity contribution in [3.05, 3.63) is 23.9 Å². The summed E-state index contributed by atoms with van der Waals surface area (Å²) in [6.07, 6.45) is 1.94. The van der Waals surface area contributed by atoms with Gasteiger partial charge in [0.15, 0.2) is 17.2 Å². The molecular formula is C13H12N2O4S. The minimum absolute atomic E-state index is 0.0206. The van der Waals surface area contributed by atoms with E-state index in [0.29, 0.717) is 11.5 Å². The number of hydrogen-bond donors (Lipinski definition) is 1. The van der Waals surface area contributed by atoms with Crippen molar-refractivity contribution < 1.29 is 19.4 Å². The van der Waals surface area contributed by atoms with Gasteiger partial charge in [0.2, 0.25) is 6.79 Å². The number of carboxylic acids is 1. The number of hydrogen-bond acceptors (Lipinski definition) is 5. The van der Waals surface area contributed by atoms with E-state index in [1.54, 1.807) is 17.8 Å². The molecule has 0 radical (unpaired) electrons. The first kappa shape index (κ1) is 12.9. The molecule has 0 aliphatic carbocycles. The average Bonchev–Trinajstić information content (AvgIpc) is 3.03. The van der Waals surface area contributed by atoms with Crippen LogP contribution in [0.2, 0.25) is 0 Å². The van der Waals surface area contributed by atoms with Crippen molar-refractivity contribution in [1.29, 1.82) is 0 Å². The zero-order valence-corrected chi connectivity index (χ0v) is 11.7. The van der Waals surface area contributed by atoms with Gasteiger partial charge >= 0.3 is 5.97 Å². The van der Waals surface area contributed by atoms with E-state index < -0.39 is 5.97 Å². The molecule has 0 saturated carbocycles. The number of aryl methyl sites for hydroxylation is 1. The van der Waals surface area contributed by atoms with E-state index in [0.717, 1.165) is 16.2 Å². The van der Waals surface area contributed by atoms with E-state index in [2.05, 4.69) is 5.10 Å². The average molecular weight is 292 g/mol. The molecule has 1 aromatic heterocycles. The first-order valence-electron chi connectivity index (χ1n) is 5.86. The smallest absolute Gasteiger partial charge is 0.356 e. The Bertz CT molecular complexity index is 696. The van der Waals surface area contributed by atoms with Crippen LogP contribution >= 0.6 is 11.8 Å². The van der Waals surface area contributed by atoms with E-state index in [9.17, 15) is 4.79 Å². The fourth-order valence-electron chi connectivity index (χ4n) is 2.18. The van der Waals surface area contributed by atoms with Crippen LogP contribution in [0.4, 0.5) is 0 Å². The van der Waals surface area contributed by atoms with Crippen molar-refractivity contribution in [3.63, 3.8) is 0 Å². The van der Waals surface area contributed by atoms with E-state index in [4.69, 9.17) is 14.6 Å². The van der Waals surface area contributed by atoms with E-state index in [1.165, 1.54) is 11.8 Å². The minimum Gasteiger partial charge on any atom is -0.476 e. The Morgan fingerprint density at radius 1 is 1.45 bits per heavy atom. The molecule has 6 nitrogen and oxygen atoms in total. The molecule has 2 aromatic rings. The van der Waals surface area contributed by atoms with Gasteiger partial charge in [-0.05, 0) is 24.5 Å². The van der Waals surface area contributed by atoms with Gasteiger partial charge in [-0.1, -0.05) is 0 Å². The number of rotatable bonds is 3. The number of thioether (sulfide) groups is 1. The molecule has 0 bridgehead atoms. The third-order valence-electron chi connectivity index (χ3n) is 3.07. The molecule has 104 valence electrons. The molecule has 1 aliphatic rings. The lowest BCUT2D eigenvalue weighted by Crippen LogP contribution is -1.99. The summed E-state index contributed by atoms with van der Waals surface area (Å²) >= 11 is 1.53. The second kappa shape index (κ2) is 4.75. The van der Waals surface area contributed by atoms with Crippen molar-refractivity contribution in [1.82, 2.24) is 9.78 Å². The monoisotopic (exact) mass is 292 g/mol. The predicted octanol–water partition coefficient (Wildman–Crippen LogP) is 2.24. The number of aromatic nitrogens is 2. The number of benzene rings is 1. The third kappa shape index (κ3) is 1.90. The van der Waals surface area contributed by atoms with Crippen LogP contribution in [0.5, 0.6) is 11.5 Å². The zero-order chi connectivity index (χ0) is 14.3. The van der Waals surface area contributed by atoms with Gasteiger partial charge in [-0.25, -0.2) is 4.79 Å². The number of carboxylic acid groups (broad SMARTS) is 1. The van der Waals surface area contributed by atoms with Crippen molar-refractivity contribution in [2.45, 2.75) is 4.90 Å². The maximum Gasteiger partial charge on any atom is 0.356 e. The highest BCUT2D eigenvalue weighted by molar-refractivity contribution is 7.98.